The highest BCUT2D eigenvalue weighted by molar-refractivity contribution is 7.99. The molecule has 3 rings (SSSR count). The summed E-state index contributed by atoms with van der Waals surface area (Å²) in [6.07, 6.45) is 0. The molecule has 1 fully saturated rings. The number of nitrogens with one attached hydrogen (secondary N) is 1. The van der Waals surface area contributed by atoms with Gasteiger partial charge in [-0.25, -0.2) is 9.97 Å². The largest absolute Gasteiger partial charge is 0.379 e. The van der Waals surface area contributed by atoms with Gasteiger partial charge in [-0.05, 0) is 19.7 Å². The number of amides is 1. The van der Waals surface area contributed by atoms with E-state index in [1.165, 1.54) is 17.3 Å². The summed E-state index contributed by atoms with van der Waals surface area (Å²) in [4.78, 5) is 27.9. The molecule has 1 aromatic carbocycles. The van der Waals surface area contributed by atoms with Crippen LogP contribution in [0.2, 0.25) is 5.15 Å². The van der Waals surface area contributed by atoms with E-state index in [4.69, 9.17) is 21.3 Å². The molecule has 0 atom stereocenters. The van der Waals surface area contributed by atoms with Crippen molar-refractivity contribution in [1.82, 2.24) is 25.1 Å². The van der Waals surface area contributed by atoms with Crippen LogP contribution in [-0.2, 0) is 16.1 Å². The molecule has 1 saturated heterocycles. The zero-order valence-electron chi connectivity index (χ0n) is 19.4. The average Bonchev–Trinajstić information content (AvgIpc) is 2.81. The average molecular weight is 493 g/mol. The van der Waals surface area contributed by atoms with Gasteiger partial charge in [0.25, 0.3) is 0 Å². The summed E-state index contributed by atoms with van der Waals surface area (Å²) in [5.41, 5.74) is 1.19. The number of ether oxygens (including phenoxy) is 1. The fraction of sp³-hybridized carbons (Fsp3) is 0.522. The van der Waals surface area contributed by atoms with Gasteiger partial charge in [0, 0.05) is 51.9 Å². The first-order chi connectivity index (χ1) is 16.0. The van der Waals surface area contributed by atoms with Crippen LogP contribution in [0, 0.1) is 0 Å². The van der Waals surface area contributed by atoms with Gasteiger partial charge in [-0.3, -0.25) is 9.69 Å². The summed E-state index contributed by atoms with van der Waals surface area (Å²) in [5, 5.41) is 3.85. The number of anilines is 1. The molecule has 1 N–H and O–H groups in total. The van der Waals surface area contributed by atoms with E-state index in [0.29, 0.717) is 23.4 Å². The Morgan fingerprint density at radius 2 is 1.94 bits per heavy atom. The van der Waals surface area contributed by atoms with Gasteiger partial charge in [-0.15, -0.1) is 0 Å². The van der Waals surface area contributed by atoms with Crippen LogP contribution in [0.25, 0.3) is 0 Å². The minimum atomic E-state index is -0.0351. The highest BCUT2D eigenvalue weighted by Crippen LogP contribution is 2.23. The van der Waals surface area contributed by atoms with E-state index in [-0.39, 0.29) is 11.7 Å². The molecule has 10 heteroatoms. The smallest absolute Gasteiger partial charge is 0.230 e. The van der Waals surface area contributed by atoms with Crippen molar-refractivity contribution in [3.05, 3.63) is 47.1 Å². The number of hydrogen-bond acceptors (Lipinski definition) is 8. The van der Waals surface area contributed by atoms with Crippen LogP contribution in [0.4, 0.5) is 5.82 Å². The Hall–Kier alpha value is -1.91. The molecule has 0 spiro atoms. The third kappa shape index (κ3) is 9.46. The van der Waals surface area contributed by atoms with Gasteiger partial charge in [0.05, 0.1) is 19.0 Å². The van der Waals surface area contributed by atoms with Crippen LogP contribution in [0.15, 0.2) is 41.6 Å². The van der Waals surface area contributed by atoms with Crippen molar-refractivity contribution in [2.45, 2.75) is 11.7 Å². The molecular weight excluding hydrogens is 460 g/mol. The lowest BCUT2D eigenvalue weighted by molar-refractivity contribution is -0.118. The Labute approximate surface area is 205 Å². The molecule has 1 aliphatic heterocycles. The van der Waals surface area contributed by atoms with E-state index < -0.39 is 0 Å². The second-order valence-electron chi connectivity index (χ2n) is 8.13. The number of benzene rings is 1. The van der Waals surface area contributed by atoms with Gasteiger partial charge < -0.3 is 19.9 Å². The highest BCUT2D eigenvalue weighted by atomic mass is 35.5. The van der Waals surface area contributed by atoms with Crippen molar-refractivity contribution in [3.8, 4) is 0 Å². The fourth-order valence-corrected chi connectivity index (χ4v) is 4.28. The molecule has 0 aliphatic carbocycles. The Morgan fingerprint density at radius 3 is 2.67 bits per heavy atom. The molecule has 0 saturated carbocycles. The second kappa shape index (κ2) is 13.7. The number of aromatic nitrogens is 2. The molecule has 2 aromatic rings. The minimum Gasteiger partial charge on any atom is -0.379 e. The number of likely N-dealkylation sites (N-methyl/N-ethyl adjacent to an activating group) is 1. The van der Waals surface area contributed by atoms with E-state index in [1.54, 1.807) is 6.07 Å². The molecule has 0 radical (unpaired) electrons. The third-order valence-corrected chi connectivity index (χ3v) is 6.25. The molecule has 1 aromatic heterocycles. The van der Waals surface area contributed by atoms with Crippen molar-refractivity contribution < 1.29 is 9.53 Å². The van der Waals surface area contributed by atoms with Crippen molar-refractivity contribution >= 4 is 35.1 Å². The lowest BCUT2D eigenvalue weighted by atomic mass is 10.2. The van der Waals surface area contributed by atoms with E-state index in [9.17, 15) is 4.79 Å². The zero-order valence-corrected chi connectivity index (χ0v) is 20.9. The number of morpholine rings is 1. The number of nitrogens with zero attached hydrogens (tertiary/aromatic N) is 5. The third-order valence-electron chi connectivity index (χ3n) is 5.20. The Kier molecular flexibility index (Phi) is 10.7. The summed E-state index contributed by atoms with van der Waals surface area (Å²) in [5.74, 6) is 0.974. The van der Waals surface area contributed by atoms with Crippen LogP contribution >= 0.6 is 23.4 Å². The van der Waals surface area contributed by atoms with Crippen LogP contribution in [0.1, 0.15) is 5.56 Å². The standard InChI is InChI=1S/C23H33ClN6O2S/c1-28(2)10-11-30(17-19-6-4-3-5-7-19)21-16-20(24)26-23(27-21)33-18-22(31)25-8-9-29-12-14-32-15-13-29/h3-7,16H,8-15,17-18H2,1-2H3,(H,25,31). The summed E-state index contributed by atoms with van der Waals surface area (Å²) >= 11 is 7.63. The summed E-state index contributed by atoms with van der Waals surface area (Å²) in [7, 11) is 4.10. The first-order valence-corrected chi connectivity index (χ1v) is 12.5. The topological polar surface area (TPSA) is 73.8 Å². The minimum absolute atomic E-state index is 0.0351. The van der Waals surface area contributed by atoms with E-state index >= 15 is 0 Å². The summed E-state index contributed by atoms with van der Waals surface area (Å²) in [6.45, 7) is 7.18. The van der Waals surface area contributed by atoms with E-state index in [2.05, 4.69) is 37.1 Å². The summed E-state index contributed by atoms with van der Waals surface area (Å²) < 4.78 is 5.35. The number of rotatable bonds is 12. The van der Waals surface area contributed by atoms with Crippen LogP contribution < -0.4 is 10.2 Å². The number of carbonyl (C=O) groups is 1. The number of hydrogen-bond donors (Lipinski definition) is 1. The molecular formula is C23H33ClN6O2S. The monoisotopic (exact) mass is 492 g/mol. The highest BCUT2D eigenvalue weighted by Gasteiger charge is 2.15. The quantitative estimate of drug-likeness (QED) is 0.275. The fourth-order valence-electron chi connectivity index (χ4n) is 3.37. The Morgan fingerprint density at radius 1 is 1.18 bits per heavy atom. The lowest BCUT2D eigenvalue weighted by Gasteiger charge is -2.26. The van der Waals surface area contributed by atoms with Gasteiger partial charge >= 0.3 is 0 Å². The molecule has 1 amide bonds. The predicted octanol–water partition coefficient (Wildman–Crippen LogP) is 2.24. The molecule has 1 aliphatic rings. The van der Waals surface area contributed by atoms with Crippen LogP contribution in [-0.4, -0.2) is 98.0 Å². The number of thioether (sulfide) groups is 1. The van der Waals surface area contributed by atoms with Crippen LogP contribution in [0.5, 0.6) is 0 Å². The Bertz CT molecular complexity index is 867. The van der Waals surface area contributed by atoms with Gasteiger partial charge in [-0.2, -0.15) is 0 Å². The maximum absolute atomic E-state index is 12.3. The second-order valence-corrected chi connectivity index (χ2v) is 9.46. The van der Waals surface area contributed by atoms with Gasteiger partial charge in [0.15, 0.2) is 5.16 Å². The number of halogens is 1. The van der Waals surface area contributed by atoms with Gasteiger partial charge in [-0.1, -0.05) is 53.7 Å². The van der Waals surface area contributed by atoms with Crippen molar-refractivity contribution in [2.24, 2.45) is 0 Å². The molecule has 0 bridgehead atoms. The van der Waals surface area contributed by atoms with E-state index in [1.807, 2.05) is 32.3 Å². The lowest BCUT2D eigenvalue weighted by Crippen LogP contribution is -2.41. The SMILES string of the molecule is CN(C)CCN(Cc1ccccc1)c1cc(Cl)nc(SCC(=O)NCCN2CCOCC2)n1. The maximum Gasteiger partial charge on any atom is 0.230 e. The van der Waals surface area contributed by atoms with Crippen molar-refractivity contribution in [3.63, 3.8) is 0 Å². The first kappa shape index (κ1) is 25.7. The van der Waals surface area contributed by atoms with Gasteiger partial charge in [0.1, 0.15) is 11.0 Å². The van der Waals surface area contributed by atoms with Crippen LogP contribution in [0.3, 0.4) is 0 Å². The maximum atomic E-state index is 12.3. The number of carbonyl (C=O) groups excluding carboxylic acids is 1. The van der Waals surface area contributed by atoms with Crippen molar-refractivity contribution in [1.29, 1.82) is 0 Å². The molecule has 33 heavy (non-hydrogen) atoms. The first-order valence-electron chi connectivity index (χ1n) is 11.2. The molecule has 0 unspecified atom stereocenters. The van der Waals surface area contributed by atoms with Crippen molar-refractivity contribution in [2.75, 3.05) is 77.2 Å². The molecule has 180 valence electrons. The van der Waals surface area contributed by atoms with Gasteiger partial charge in [0.2, 0.25) is 5.91 Å². The molecule has 8 nitrogen and oxygen atoms in total. The Balaban J connectivity index is 1.57. The summed E-state index contributed by atoms with van der Waals surface area (Å²) in [6, 6.07) is 12.1. The normalized spacial score (nSPS) is 14.4. The van der Waals surface area contributed by atoms with E-state index in [0.717, 1.165) is 51.8 Å². The predicted molar refractivity (Wildman–Crippen MR) is 134 cm³/mol. The zero-order chi connectivity index (χ0) is 23.5. The molecule has 2 heterocycles.